The molecule has 15 heavy (non-hydrogen) atoms. The number of aliphatic carboxylic acids is 1. The number of carbonyl (C=O) groups excluding carboxylic acids is 1. The molecule has 0 saturated heterocycles. The molecular formula is C11H19NO3. The van der Waals surface area contributed by atoms with Gasteiger partial charge in [0.15, 0.2) is 0 Å². The number of carboxylic acid groups (broad SMARTS) is 1. The molecule has 0 spiro atoms. The van der Waals surface area contributed by atoms with Crippen LogP contribution < -0.4 is 5.73 Å². The Labute approximate surface area is 90.2 Å². The SMILES string of the molecule is C=CCCCCCC(C)(C(N)=O)C(=O)O. The number of amides is 1. The standard InChI is InChI=1S/C11H19NO3/c1-3-4-5-6-7-8-11(2,9(12)13)10(14)15/h3H,1,4-8H2,2H3,(H2,12,13)(H,14,15). The average molecular weight is 213 g/mol. The Morgan fingerprint density at radius 1 is 1.40 bits per heavy atom. The third-order valence-electron chi connectivity index (χ3n) is 2.60. The van der Waals surface area contributed by atoms with E-state index in [0.717, 1.165) is 19.3 Å². The van der Waals surface area contributed by atoms with Gasteiger partial charge < -0.3 is 10.8 Å². The molecule has 0 aromatic heterocycles. The Morgan fingerprint density at radius 3 is 2.40 bits per heavy atom. The summed E-state index contributed by atoms with van der Waals surface area (Å²) >= 11 is 0. The summed E-state index contributed by atoms with van der Waals surface area (Å²) in [5.41, 5.74) is 3.65. The summed E-state index contributed by atoms with van der Waals surface area (Å²) in [7, 11) is 0. The van der Waals surface area contributed by atoms with Crippen LogP contribution in [0.25, 0.3) is 0 Å². The molecule has 0 fully saturated rings. The van der Waals surface area contributed by atoms with Crippen LogP contribution in [0, 0.1) is 5.41 Å². The minimum Gasteiger partial charge on any atom is -0.480 e. The first-order valence-corrected chi connectivity index (χ1v) is 5.09. The number of hydrogen-bond acceptors (Lipinski definition) is 2. The summed E-state index contributed by atoms with van der Waals surface area (Å²) in [5, 5.41) is 8.89. The summed E-state index contributed by atoms with van der Waals surface area (Å²) in [6.45, 7) is 4.98. The molecule has 0 rings (SSSR count). The first kappa shape index (κ1) is 13.7. The third-order valence-corrected chi connectivity index (χ3v) is 2.60. The van der Waals surface area contributed by atoms with Gasteiger partial charge in [0.2, 0.25) is 5.91 Å². The second-order valence-electron chi connectivity index (χ2n) is 3.89. The highest BCUT2D eigenvalue weighted by atomic mass is 16.4. The maximum Gasteiger partial charge on any atom is 0.318 e. The fourth-order valence-electron chi connectivity index (χ4n) is 1.28. The van der Waals surface area contributed by atoms with Crippen LogP contribution in [0.2, 0.25) is 0 Å². The minimum atomic E-state index is -1.42. The van der Waals surface area contributed by atoms with Crippen LogP contribution in [0.3, 0.4) is 0 Å². The molecule has 0 aliphatic carbocycles. The van der Waals surface area contributed by atoms with Crippen molar-refractivity contribution in [2.45, 2.75) is 39.0 Å². The fraction of sp³-hybridized carbons (Fsp3) is 0.636. The summed E-state index contributed by atoms with van der Waals surface area (Å²) in [5.74, 6) is -1.91. The zero-order valence-corrected chi connectivity index (χ0v) is 9.16. The van der Waals surface area contributed by atoms with Gasteiger partial charge in [-0.25, -0.2) is 0 Å². The quantitative estimate of drug-likeness (QED) is 0.366. The first-order chi connectivity index (χ1) is 6.95. The minimum absolute atomic E-state index is 0.300. The van der Waals surface area contributed by atoms with E-state index in [-0.39, 0.29) is 0 Å². The van der Waals surface area contributed by atoms with E-state index in [1.165, 1.54) is 6.92 Å². The lowest BCUT2D eigenvalue weighted by Gasteiger charge is -2.20. The molecule has 0 saturated carbocycles. The van der Waals surface area contributed by atoms with Crippen molar-refractivity contribution < 1.29 is 14.7 Å². The van der Waals surface area contributed by atoms with Gasteiger partial charge in [-0.15, -0.1) is 6.58 Å². The molecule has 4 heteroatoms. The number of nitrogens with two attached hydrogens (primary N) is 1. The van der Waals surface area contributed by atoms with Gasteiger partial charge in [-0.05, 0) is 26.2 Å². The monoisotopic (exact) mass is 213 g/mol. The third kappa shape index (κ3) is 4.14. The van der Waals surface area contributed by atoms with E-state index in [9.17, 15) is 9.59 Å². The van der Waals surface area contributed by atoms with Crippen LogP contribution in [0.15, 0.2) is 12.7 Å². The summed E-state index contributed by atoms with van der Waals surface area (Å²) in [4.78, 5) is 21.9. The van der Waals surface area contributed by atoms with Crippen molar-refractivity contribution in [3.8, 4) is 0 Å². The Balaban J connectivity index is 4.04. The predicted molar refractivity (Wildman–Crippen MR) is 58.2 cm³/mol. The highest BCUT2D eigenvalue weighted by Gasteiger charge is 2.38. The molecule has 4 nitrogen and oxygen atoms in total. The van der Waals surface area contributed by atoms with Crippen molar-refractivity contribution in [2.24, 2.45) is 11.1 Å². The maximum atomic E-state index is 11.0. The summed E-state index contributed by atoms with van der Waals surface area (Å²) in [6.07, 6.45) is 5.60. The van der Waals surface area contributed by atoms with Gasteiger partial charge in [0.1, 0.15) is 5.41 Å². The van der Waals surface area contributed by atoms with Crippen molar-refractivity contribution in [3.63, 3.8) is 0 Å². The number of carbonyl (C=O) groups is 2. The van der Waals surface area contributed by atoms with Crippen LogP contribution in [0.5, 0.6) is 0 Å². The highest BCUT2D eigenvalue weighted by Crippen LogP contribution is 2.24. The van der Waals surface area contributed by atoms with Gasteiger partial charge >= 0.3 is 5.97 Å². The van der Waals surface area contributed by atoms with Crippen molar-refractivity contribution in [3.05, 3.63) is 12.7 Å². The van der Waals surface area contributed by atoms with Gasteiger partial charge in [-0.1, -0.05) is 18.9 Å². The molecule has 0 aromatic rings. The Kier molecular flexibility index (Phi) is 5.67. The largest absolute Gasteiger partial charge is 0.480 e. The molecule has 1 unspecified atom stereocenters. The van der Waals surface area contributed by atoms with Crippen LogP contribution in [-0.4, -0.2) is 17.0 Å². The number of carboxylic acids is 1. The van der Waals surface area contributed by atoms with Crippen LogP contribution in [0.4, 0.5) is 0 Å². The van der Waals surface area contributed by atoms with Crippen LogP contribution in [0.1, 0.15) is 39.0 Å². The Morgan fingerprint density at radius 2 is 2.00 bits per heavy atom. The van der Waals surface area contributed by atoms with E-state index in [2.05, 4.69) is 6.58 Å². The van der Waals surface area contributed by atoms with E-state index < -0.39 is 17.3 Å². The molecule has 0 aromatic carbocycles. The van der Waals surface area contributed by atoms with Crippen molar-refractivity contribution in [1.82, 2.24) is 0 Å². The van der Waals surface area contributed by atoms with Crippen molar-refractivity contribution >= 4 is 11.9 Å². The van der Waals surface area contributed by atoms with Crippen molar-refractivity contribution in [2.75, 3.05) is 0 Å². The average Bonchev–Trinajstić information content (AvgIpc) is 2.16. The van der Waals surface area contributed by atoms with E-state index in [1.807, 2.05) is 6.08 Å². The summed E-state index contributed by atoms with van der Waals surface area (Å²) < 4.78 is 0. The van der Waals surface area contributed by atoms with E-state index in [4.69, 9.17) is 10.8 Å². The smallest absolute Gasteiger partial charge is 0.318 e. The number of primary amides is 1. The lowest BCUT2D eigenvalue weighted by atomic mass is 9.84. The van der Waals surface area contributed by atoms with Crippen LogP contribution >= 0.6 is 0 Å². The zero-order chi connectivity index (χ0) is 11.9. The second-order valence-corrected chi connectivity index (χ2v) is 3.89. The number of rotatable bonds is 8. The molecule has 0 aliphatic heterocycles. The maximum absolute atomic E-state index is 11.0. The topological polar surface area (TPSA) is 80.4 Å². The molecule has 0 heterocycles. The predicted octanol–water partition coefficient (Wildman–Crippen LogP) is 1.70. The Bertz CT molecular complexity index is 234. The molecule has 1 amide bonds. The zero-order valence-electron chi connectivity index (χ0n) is 9.16. The molecule has 0 aliphatic rings. The van der Waals surface area contributed by atoms with Gasteiger partial charge in [0, 0.05) is 0 Å². The van der Waals surface area contributed by atoms with E-state index in [0.29, 0.717) is 12.8 Å². The van der Waals surface area contributed by atoms with Crippen LogP contribution in [-0.2, 0) is 9.59 Å². The van der Waals surface area contributed by atoms with E-state index >= 15 is 0 Å². The van der Waals surface area contributed by atoms with Crippen molar-refractivity contribution in [1.29, 1.82) is 0 Å². The van der Waals surface area contributed by atoms with Gasteiger partial charge in [0.05, 0.1) is 0 Å². The Hall–Kier alpha value is -1.32. The number of allylic oxidation sites excluding steroid dienone is 1. The highest BCUT2D eigenvalue weighted by molar-refractivity contribution is 6.00. The second kappa shape index (κ2) is 6.22. The lowest BCUT2D eigenvalue weighted by molar-refractivity contribution is -0.154. The fourth-order valence-corrected chi connectivity index (χ4v) is 1.28. The van der Waals surface area contributed by atoms with Gasteiger partial charge in [0.25, 0.3) is 0 Å². The van der Waals surface area contributed by atoms with Gasteiger partial charge in [-0.2, -0.15) is 0 Å². The molecule has 0 bridgehead atoms. The molecule has 0 radical (unpaired) electrons. The molecular weight excluding hydrogens is 194 g/mol. The van der Waals surface area contributed by atoms with E-state index in [1.54, 1.807) is 0 Å². The number of unbranched alkanes of at least 4 members (excludes halogenated alkanes) is 3. The molecule has 1 atom stereocenters. The molecule has 86 valence electrons. The molecule has 3 N–H and O–H groups in total. The number of hydrogen-bond donors (Lipinski definition) is 2. The summed E-state index contributed by atoms with van der Waals surface area (Å²) in [6, 6.07) is 0. The van der Waals surface area contributed by atoms with Gasteiger partial charge in [-0.3, -0.25) is 9.59 Å². The first-order valence-electron chi connectivity index (χ1n) is 5.09. The normalized spacial score (nSPS) is 14.2. The lowest BCUT2D eigenvalue weighted by Crippen LogP contribution is -2.41.